The maximum absolute atomic E-state index is 11.1. The van der Waals surface area contributed by atoms with Crippen molar-refractivity contribution < 1.29 is 19.2 Å². The highest BCUT2D eigenvalue weighted by atomic mass is 16.6. The molecule has 0 saturated heterocycles. The smallest absolute Gasteiger partial charge is 0.310 e. The van der Waals surface area contributed by atoms with Gasteiger partial charge in [-0.05, 0) is 18.1 Å². The third kappa shape index (κ3) is 2.87. The Morgan fingerprint density at radius 3 is 2.65 bits per heavy atom. The SMILES string of the molecule is COC(=O)Cc1c(C)cc([N+](=O)[O-])cc1C=O. The molecular formula is C11H11NO5. The molecule has 0 N–H and O–H groups in total. The van der Waals surface area contributed by atoms with Gasteiger partial charge in [-0.25, -0.2) is 0 Å². The lowest BCUT2D eigenvalue weighted by Gasteiger charge is -2.07. The number of aryl methyl sites for hydroxylation is 1. The number of hydrogen-bond donors (Lipinski definition) is 0. The molecule has 0 spiro atoms. The zero-order valence-corrected chi connectivity index (χ0v) is 9.43. The van der Waals surface area contributed by atoms with Crippen LogP contribution in [0.2, 0.25) is 0 Å². The predicted molar refractivity (Wildman–Crippen MR) is 58.9 cm³/mol. The van der Waals surface area contributed by atoms with E-state index in [1.54, 1.807) is 6.92 Å². The standard InChI is InChI=1S/C11H11NO5/c1-7-3-9(12(15)16)4-8(6-13)10(7)5-11(14)17-2/h3-4,6H,5H2,1-2H3. The van der Waals surface area contributed by atoms with Crippen LogP contribution in [0.3, 0.4) is 0 Å². The number of rotatable bonds is 4. The van der Waals surface area contributed by atoms with E-state index in [4.69, 9.17) is 0 Å². The molecule has 90 valence electrons. The largest absolute Gasteiger partial charge is 0.469 e. The number of methoxy groups -OCH3 is 1. The minimum atomic E-state index is -0.581. The highest BCUT2D eigenvalue weighted by Crippen LogP contribution is 2.21. The van der Waals surface area contributed by atoms with Crippen LogP contribution in [0.5, 0.6) is 0 Å². The van der Waals surface area contributed by atoms with Crippen LogP contribution in [0, 0.1) is 17.0 Å². The van der Waals surface area contributed by atoms with Crippen molar-refractivity contribution in [1.29, 1.82) is 0 Å². The minimum Gasteiger partial charge on any atom is -0.469 e. The number of nitro groups is 1. The van der Waals surface area contributed by atoms with E-state index < -0.39 is 10.9 Å². The first-order chi connectivity index (χ1) is 7.99. The van der Waals surface area contributed by atoms with Crippen molar-refractivity contribution in [2.24, 2.45) is 0 Å². The first-order valence-electron chi connectivity index (χ1n) is 4.79. The molecule has 0 bridgehead atoms. The van der Waals surface area contributed by atoms with Crippen LogP contribution in [0.25, 0.3) is 0 Å². The van der Waals surface area contributed by atoms with Crippen molar-refractivity contribution in [1.82, 2.24) is 0 Å². The van der Waals surface area contributed by atoms with Gasteiger partial charge in [-0.15, -0.1) is 0 Å². The number of benzene rings is 1. The number of carbonyl (C=O) groups is 2. The van der Waals surface area contributed by atoms with E-state index in [1.807, 2.05) is 0 Å². The molecule has 0 aromatic heterocycles. The van der Waals surface area contributed by atoms with E-state index in [1.165, 1.54) is 13.2 Å². The summed E-state index contributed by atoms with van der Waals surface area (Å²) < 4.78 is 4.50. The first-order valence-corrected chi connectivity index (χ1v) is 4.79. The van der Waals surface area contributed by atoms with E-state index in [0.717, 1.165) is 6.07 Å². The molecular weight excluding hydrogens is 226 g/mol. The van der Waals surface area contributed by atoms with Gasteiger partial charge >= 0.3 is 5.97 Å². The van der Waals surface area contributed by atoms with E-state index in [0.29, 0.717) is 17.4 Å². The van der Waals surface area contributed by atoms with Gasteiger partial charge in [0.1, 0.15) is 0 Å². The van der Waals surface area contributed by atoms with Crippen molar-refractivity contribution in [3.8, 4) is 0 Å². The van der Waals surface area contributed by atoms with Crippen LogP contribution in [0.1, 0.15) is 21.5 Å². The van der Waals surface area contributed by atoms with E-state index in [9.17, 15) is 19.7 Å². The first kappa shape index (κ1) is 12.8. The lowest BCUT2D eigenvalue weighted by atomic mass is 9.99. The van der Waals surface area contributed by atoms with Crippen LogP contribution >= 0.6 is 0 Å². The van der Waals surface area contributed by atoms with Crippen molar-refractivity contribution >= 4 is 17.9 Å². The number of aldehydes is 1. The lowest BCUT2D eigenvalue weighted by Crippen LogP contribution is -2.09. The highest BCUT2D eigenvalue weighted by Gasteiger charge is 2.16. The fourth-order valence-electron chi connectivity index (χ4n) is 1.49. The van der Waals surface area contributed by atoms with E-state index in [2.05, 4.69) is 4.74 Å². The van der Waals surface area contributed by atoms with Crippen molar-refractivity contribution in [2.75, 3.05) is 7.11 Å². The zero-order chi connectivity index (χ0) is 13.0. The summed E-state index contributed by atoms with van der Waals surface area (Å²) >= 11 is 0. The van der Waals surface area contributed by atoms with Gasteiger partial charge < -0.3 is 4.74 Å². The molecule has 0 heterocycles. The van der Waals surface area contributed by atoms with E-state index in [-0.39, 0.29) is 17.7 Å². The molecule has 1 aromatic carbocycles. The molecule has 0 amide bonds. The van der Waals surface area contributed by atoms with Gasteiger partial charge in [-0.3, -0.25) is 19.7 Å². The summed E-state index contributed by atoms with van der Waals surface area (Å²) in [6.07, 6.45) is 0.423. The van der Waals surface area contributed by atoms with Gasteiger partial charge in [0.15, 0.2) is 6.29 Å². The number of carbonyl (C=O) groups excluding carboxylic acids is 2. The van der Waals surface area contributed by atoms with Crippen molar-refractivity contribution in [3.05, 3.63) is 38.9 Å². The third-order valence-electron chi connectivity index (χ3n) is 2.38. The summed E-state index contributed by atoms with van der Waals surface area (Å²) in [6.45, 7) is 1.61. The molecule has 1 aromatic rings. The molecule has 17 heavy (non-hydrogen) atoms. The number of nitro benzene ring substituents is 1. The summed E-state index contributed by atoms with van der Waals surface area (Å²) in [5, 5.41) is 10.6. The highest BCUT2D eigenvalue weighted by molar-refractivity contribution is 5.83. The topological polar surface area (TPSA) is 86.5 Å². The van der Waals surface area contributed by atoms with E-state index >= 15 is 0 Å². The molecule has 0 aliphatic heterocycles. The predicted octanol–water partition coefficient (Wildman–Crippen LogP) is 1.43. The van der Waals surface area contributed by atoms with Crippen molar-refractivity contribution in [3.63, 3.8) is 0 Å². The van der Waals surface area contributed by atoms with Gasteiger partial charge in [0.05, 0.1) is 18.5 Å². The lowest BCUT2D eigenvalue weighted by molar-refractivity contribution is -0.384. The quantitative estimate of drug-likeness (QED) is 0.342. The Kier molecular flexibility index (Phi) is 3.92. The minimum absolute atomic E-state index is 0.0750. The molecule has 0 saturated carbocycles. The number of non-ortho nitro benzene ring substituents is 1. The molecule has 0 fully saturated rings. The number of nitrogens with zero attached hydrogens (tertiary/aromatic N) is 1. The molecule has 0 aliphatic carbocycles. The summed E-state index contributed by atoms with van der Waals surface area (Å²) in [5.74, 6) is -0.495. The summed E-state index contributed by atoms with van der Waals surface area (Å²) in [6, 6.07) is 2.48. The molecule has 6 heteroatoms. The Morgan fingerprint density at radius 1 is 1.53 bits per heavy atom. The average Bonchev–Trinajstić information content (AvgIpc) is 2.30. The normalized spacial score (nSPS) is 9.76. The van der Waals surface area contributed by atoms with Gasteiger partial charge in [0.25, 0.3) is 5.69 Å². The number of hydrogen-bond acceptors (Lipinski definition) is 5. The summed E-state index contributed by atoms with van der Waals surface area (Å²) in [7, 11) is 1.24. The summed E-state index contributed by atoms with van der Waals surface area (Å²) in [4.78, 5) is 32.0. The summed E-state index contributed by atoms with van der Waals surface area (Å²) in [5.41, 5.74) is 0.949. The maximum atomic E-state index is 11.1. The Bertz CT molecular complexity index is 481. The van der Waals surface area contributed by atoms with Crippen LogP contribution in [-0.4, -0.2) is 24.3 Å². The fraction of sp³-hybridized carbons (Fsp3) is 0.273. The van der Waals surface area contributed by atoms with Crippen LogP contribution in [0.15, 0.2) is 12.1 Å². The van der Waals surface area contributed by atoms with Crippen molar-refractivity contribution in [2.45, 2.75) is 13.3 Å². The zero-order valence-electron chi connectivity index (χ0n) is 9.43. The number of ether oxygens (including phenoxy) is 1. The second-order valence-corrected chi connectivity index (χ2v) is 3.46. The molecule has 0 aliphatic rings. The molecule has 0 radical (unpaired) electrons. The van der Waals surface area contributed by atoms with Crippen LogP contribution in [-0.2, 0) is 16.0 Å². The third-order valence-corrected chi connectivity index (χ3v) is 2.38. The maximum Gasteiger partial charge on any atom is 0.310 e. The molecule has 0 atom stereocenters. The Labute approximate surface area is 97.3 Å². The van der Waals surface area contributed by atoms with Crippen LogP contribution < -0.4 is 0 Å². The number of esters is 1. The monoisotopic (exact) mass is 237 g/mol. The Balaban J connectivity index is 3.25. The average molecular weight is 237 g/mol. The van der Waals surface area contributed by atoms with Crippen LogP contribution in [0.4, 0.5) is 5.69 Å². The fourth-order valence-corrected chi connectivity index (χ4v) is 1.49. The van der Waals surface area contributed by atoms with Gasteiger partial charge in [0, 0.05) is 17.7 Å². The Hall–Kier alpha value is -2.24. The molecule has 6 nitrogen and oxygen atoms in total. The molecule has 0 unspecified atom stereocenters. The van der Waals surface area contributed by atoms with Gasteiger partial charge in [-0.1, -0.05) is 0 Å². The molecule has 1 rings (SSSR count). The Morgan fingerprint density at radius 2 is 2.18 bits per heavy atom. The van der Waals surface area contributed by atoms with Gasteiger partial charge in [0.2, 0.25) is 0 Å². The van der Waals surface area contributed by atoms with Gasteiger partial charge in [-0.2, -0.15) is 0 Å². The second kappa shape index (κ2) is 5.20. The second-order valence-electron chi connectivity index (χ2n) is 3.46.